The van der Waals surface area contributed by atoms with Crippen molar-refractivity contribution in [3.63, 3.8) is 0 Å². The minimum Gasteiger partial charge on any atom is -0.389 e. The summed E-state index contributed by atoms with van der Waals surface area (Å²) in [6.07, 6.45) is 0.664. The first kappa shape index (κ1) is 10.8. The van der Waals surface area contributed by atoms with Crippen molar-refractivity contribution in [2.24, 2.45) is 0 Å². The number of carbonyl (C=O) groups excluding carboxylic acids is 1. The fourth-order valence-corrected chi connectivity index (χ4v) is 1.84. The second-order valence-corrected chi connectivity index (χ2v) is 10.1. The van der Waals surface area contributed by atoms with E-state index in [4.69, 9.17) is 0 Å². The van der Waals surface area contributed by atoms with E-state index in [1.807, 2.05) is 13.1 Å². The number of aliphatic hydroxyl groups excluding tert-OH is 1. The van der Waals surface area contributed by atoms with Gasteiger partial charge in [-0.05, 0) is 5.04 Å². The number of carbonyl (C=O) groups is 1. The Labute approximate surface area is 69.6 Å². The fraction of sp³-hybridized carbons (Fsp3) is 0.875. The van der Waals surface area contributed by atoms with Crippen LogP contribution < -0.4 is 0 Å². The lowest BCUT2D eigenvalue weighted by molar-refractivity contribution is -0.112. The fourth-order valence-electron chi connectivity index (χ4n) is 0.614. The Morgan fingerprint density at radius 3 is 1.82 bits per heavy atom. The van der Waals surface area contributed by atoms with E-state index in [9.17, 15) is 9.90 Å². The van der Waals surface area contributed by atoms with Crippen molar-refractivity contribution in [1.82, 2.24) is 0 Å². The first-order valence-corrected chi connectivity index (χ1v) is 6.94. The predicted octanol–water partition coefficient (Wildman–Crippen LogP) is 1.59. The van der Waals surface area contributed by atoms with Crippen LogP contribution in [0.15, 0.2) is 0 Å². The zero-order chi connectivity index (χ0) is 9.28. The molecule has 0 aliphatic heterocycles. The van der Waals surface area contributed by atoms with Gasteiger partial charge in [-0.1, -0.05) is 33.9 Å². The van der Waals surface area contributed by atoms with Crippen LogP contribution in [0.2, 0.25) is 18.1 Å². The summed E-state index contributed by atoms with van der Waals surface area (Å²) in [5.74, 6) is 0. The van der Waals surface area contributed by atoms with Gasteiger partial charge in [0.2, 0.25) is 0 Å². The third kappa shape index (κ3) is 2.14. The first-order valence-electron chi connectivity index (χ1n) is 3.87. The molecule has 0 aliphatic rings. The highest BCUT2D eigenvalue weighted by molar-refractivity contribution is 6.83. The summed E-state index contributed by atoms with van der Waals surface area (Å²) in [5, 5.41) is 9.49. The normalized spacial score (nSPS) is 16.2. The standard InChI is InChI=1S/C8H18O2Si/c1-8(2,3)11(4,5)7(10)6-9/h6-7,10H,1-5H3. The molecule has 0 aromatic rings. The van der Waals surface area contributed by atoms with E-state index in [2.05, 4.69) is 20.8 Å². The monoisotopic (exact) mass is 174 g/mol. The number of aldehydes is 1. The number of aliphatic hydroxyl groups is 1. The molecule has 3 heteroatoms. The van der Waals surface area contributed by atoms with Gasteiger partial charge in [-0.3, -0.25) is 0 Å². The molecule has 0 heterocycles. The van der Waals surface area contributed by atoms with Crippen molar-refractivity contribution in [1.29, 1.82) is 0 Å². The molecule has 0 amide bonds. The van der Waals surface area contributed by atoms with Crippen molar-refractivity contribution in [2.75, 3.05) is 0 Å². The lowest BCUT2D eigenvalue weighted by atomic mass is 10.2. The Kier molecular flexibility index (Phi) is 3.03. The van der Waals surface area contributed by atoms with Gasteiger partial charge in [0.25, 0.3) is 0 Å². The van der Waals surface area contributed by atoms with E-state index >= 15 is 0 Å². The third-order valence-electron chi connectivity index (χ3n) is 2.80. The molecule has 1 atom stereocenters. The Balaban J connectivity index is 4.58. The molecule has 0 fully saturated rings. The Bertz CT molecular complexity index is 147. The topological polar surface area (TPSA) is 37.3 Å². The molecular weight excluding hydrogens is 156 g/mol. The van der Waals surface area contributed by atoms with Crippen LogP contribution in [0.1, 0.15) is 20.8 Å². The number of rotatable bonds is 2. The largest absolute Gasteiger partial charge is 0.389 e. The van der Waals surface area contributed by atoms with Crippen LogP contribution >= 0.6 is 0 Å². The zero-order valence-electron chi connectivity index (χ0n) is 8.01. The average Bonchev–Trinajstić information content (AvgIpc) is 1.83. The molecule has 0 aliphatic carbocycles. The van der Waals surface area contributed by atoms with Gasteiger partial charge in [-0.25, -0.2) is 0 Å². The van der Waals surface area contributed by atoms with Gasteiger partial charge in [0.15, 0.2) is 0 Å². The predicted molar refractivity (Wildman–Crippen MR) is 49.3 cm³/mol. The van der Waals surface area contributed by atoms with E-state index in [0.717, 1.165) is 0 Å². The van der Waals surface area contributed by atoms with Gasteiger partial charge >= 0.3 is 0 Å². The maximum atomic E-state index is 10.4. The molecule has 2 nitrogen and oxygen atoms in total. The van der Waals surface area contributed by atoms with E-state index in [1.54, 1.807) is 0 Å². The number of hydrogen-bond acceptors (Lipinski definition) is 2. The SMILES string of the molecule is CC(C)(C)[Si](C)(C)C(O)C=O. The Hall–Kier alpha value is -0.153. The molecule has 1 unspecified atom stereocenters. The summed E-state index contributed by atoms with van der Waals surface area (Å²) in [6, 6.07) is 0. The molecular formula is C8H18O2Si. The maximum absolute atomic E-state index is 10.4. The number of hydrogen-bond donors (Lipinski definition) is 1. The maximum Gasteiger partial charge on any atom is 0.145 e. The van der Waals surface area contributed by atoms with Crippen molar-refractivity contribution >= 4 is 14.4 Å². The van der Waals surface area contributed by atoms with Crippen LogP contribution in [-0.4, -0.2) is 25.2 Å². The summed E-state index contributed by atoms with van der Waals surface area (Å²) in [5.41, 5.74) is -0.734. The molecule has 0 aromatic carbocycles. The van der Waals surface area contributed by atoms with E-state index in [1.165, 1.54) is 0 Å². The van der Waals surface area contributed by atoms with Gasteiger partial charge in [-0.2, -0.15) is 0 Å². The van der Waals surface area contributed by atoms with Gasteiger partial charge in [0.1, 0.15) is 6.29 Å². The molecule has 66 valence electrons. The highest BCUT2D eigenvalue weighted by Gasteiger charge is 2.41. The smallest absolute Gasteiger partial charge is 0.145 e. The second-order valence-electron chi connectivity index (χ2n) is 4.55. The molecule has 0 aromatic heterocycles. The van der Waals surface area contributed by atoms with E-state index in [0.29, 0.717) is 6.29 Å². The van der Waals surface area contributed by atoms with Crippen LogP contribution in [0, 0.1) is 0 Å². The molecule has 0 saturated carbocycles. The highest BCUT2D eigenvalue weighted by Crippen LogP contribution is 2.37. The zero-order valence-corrected chi connectivity index (χ0v) is 9.01. The van der Waals surface area contributed by atoms with Crippen LogP contribution in [0.4, 0.5) is 0 Å². The molecule has 0 saturated heterocycles. The molecule has 0 radical (unpaired) electrons. The van der Waals surface area contributed by atoms with Gasteiger partial charge in [0.05, 0.1) is 13.8 Å². The van der Waals surface area contributed by atoms with Gasteiger partial charge < -0.3 is 9.90 Å². The molecule has 11 heavy (non-hydrogen) atoms. The average molecular weight is 174 g/mol. The Morgan fingerprint density at radius 1 is 1.36 bits per heavy atom. The van der Waals surface area contributed by atoms with Crippen molar-refractivity contribution in [3.05, 3.63) is 0 Å². The molecule has 1 N–H and O–H groups in total. The summed E-state index contributed by atoms with van der Waals surface area (Å²) in [6.45, 7) is 10.3. The summed E-state index contributed by atoms with van der Waals surface area (Å²) < 4.78 is 0. The van der Waals surface area contributed by atoms with Crippen molar-refractivity contribution < 1.29 is 9.90 Å². The van der Waals surface area contributed by atoms with Crippen LogP contribution in [0.25, 0.3) is 0 Å². The summed E-state index contributed by atoms with van der Waals surface area (Å²) >= 11 is 0. The summed E-state index contributed by atoms with van der Waals surface area (Å²) in [7, 11) is -1.82. The minimum atomic E-state index is -1.82. The Morgan fingerprint density at radius 2 is 1.73 bits per heavy atom. The van der Waals surface area contributed by atoms with Crippen LogP contribution in [-0.2, 0) is 4.79 Å². The van der Waals surface area contributed by atoms with Gasteiger partial charge in [0, 0.05) is 0 Å². The van der Waals surface area contributed by atoms with Gasteiger partial charge in [-0.15, -0.1) is 0 Å². The first-order chi connectivity index (χ1) is 4.73. The molecule has 0 spiro atoms. The quantitative estimate of drug-likeness (QED) is 0.510. The third-order valence-corrected chi connectivity index (χ3v) is 8.28. The molecule has 0 rings (SSSR count). The molecule has 0 bridgehead atoms. The summed E-state index contributed by atoms with van der Waals surface area (Å²) in [4.78, 5) is 10.4. The van der Waals surface area contributed by atoms with E-state index in [-0.39, 0.29) is 5.04 Å². The minimum absolute atomic E-state index is 0.0767. The lowest BCUT2D eigenvalue weighted by Crippen LogP contribution is -2.50. The lowest BCUT2D eigenvalue weighted by Gasteiger charge is -2.38. The van der Waals surface area contributed by atoms with Crippen LogP contribution in [0.5, 0.6) is 0 Å². The highest BCUT2D eigenvalue weighted by atomic mass is 28.3. The van der Waals surface area contributed by atoms with Crippen molar-refractivity contribution in [3.8, 4) is 0 Å². The van der Waals surface area contributed by atoms with Crippen LogP contribution in [0.3, 0.4) is 0 Å². The van der Waals surface area contributed by atoms with E-state index < -0.39 is 13.8 Å². The van der Waals surface area contributed by atoms with Crippen molar-refractivity contribution in [2.45, 2.75) is 44.6 Å². The second kappa shape index (κ2) is 3.07.